The topological polar surface area (TPSA) is 37.3 Å². The monoisotopic (exact) mass is 416 g/mol. The Bertz CT molecular complexity index is 889. The average molecular weight is 417 g/mol. The molecule has 0 aliphatic rings. The van der Waals surface area contributed by atoms with E-state index in [1.807, 2.05) is 0 Å². The number of carbonyl (C=O) groups is 1. The van der Waals surface area contributed by atoms with Crippen LogP contribution < -0.4 is 15.9 Å². The Morgan fingerprint density at radius 3 is 1.60 bits per heavy atom. The van der Waals surface area contributed by atoms with Crippen molar-refractivity contribution in [3.05, 3.63) is 103 Å². The minimum Gasteiger partial charge on any atom is -0.481 e. The predicted octanol–water partition coefficient (Wildman–Crippen LogP) is 5.37. The van der Waals surface area contributed by atoms with Gasteiger partial charge in [-0.2, -0.15) is 0 Å². The summed E-state index contributed by atoms with van der Waals surface area (Å²) < 4.78 is 0. The van der Waals surface area contributed by atoms with Crippen molar-refractivity contribution in [1.82, 2.24) is 0 Å². The minimum atomic E-state index is -1.88. The van der Waals surface area contributed by atoms with Crippen molar-refractivity contribution in [2.24, 2.45) is 0 Å². The van der Waals surface area contributed by atoms with Crippen molar-refractivity contribution < 1.29 is 9.90 Å². The van der Waals surface area contributed by atoms with Gasteiger partial charge < -0.3 is 5.11 Å². The standard InChI is InChI=1S/C27H29O2P/c28-27(29)22-14-3-1-2-4-15-23-30(24-16-8-5-9-17-24,25-18-10-6-11-19-25)26-20-12-7-13-21-26/h2,4-13,16-21,23H,1,3,14-15,22H2,(H,28,29)/b4-2-. The van der Waals surface area contributed by atoms with Crippen LogP contribution in [0.15, 0.2) is 103 Å². The molecule has 0 aliphatic heterocycles. The van der Waals surface area contributed by atoms with E-state index in [9.17, 15) is 4.79 Å². The van der Waals surface area contributed by atoms with Crippen molar-refractivity contribution in [3.63, 3.8) is 0 Å². The van der Waals surface area contributed by atoms with Gasteiger partial charge in [0.05, 0.1) is 0 Å². The molecule has 0 aliphatic carbocycles. The molecule has 0 spiro atoms. The van der Waals surface area contributed by atoms with Crippen LogP contribution in [0.4, 0.5) is 0 Å². The smallest absolute Gasteiger partial charge is 0.303 e. The molecular weight excluding hydrogens is 387 g/mol. The Kier molecular flexibility index (Phi) is 8.30. The summed E-state index contributed by atoms with van der Waals surface area (Å²) in [6, 6.07) is 32.5. The van der Waals surface area contributed by atoms with Gasteiger partial charge in [-0.15, -0.1) is 0 Å². The highest BCUT2D eigenvalue weighted by Crippen LogP contribution is 2.43. The predicted molar refractivity (Wildman–Crippen MR) is 131 cm³/mol. The number of carboxylic acid groups (broad SMARTS) is 1. The molecule has 154 valence electrons. The highest BCUT2D eigenvalue weighted by Gasteiger charge is 2.23. The molecule has 0 atom stereocenters. The first-order valence-electron chi connectivity index (χ1n) is 10.5. The lowest BCUT2D eigenvalue weighted by atomic mass is 10.2. The van der Waals surface area contributed by atoms with E-state index >= 15 is 0 Å². The molecule has 0 bridgehead atoms. The number of hydrogen-bond acceptors (Lipinski definition) is 1. The fraction of sp³-hybridized carbons (Fsp3) is 0.185. The van der Waals surface area contributed by atoms with Crippen molar-refractivity contribution in [2.75, 3.05) is 0 Å². The number of carboxylic acids is 1. The van der Waals surface area contributed by atoms with Gasteiger partial charge in [0.15, 0.2) is 0 Å². The first kappa shape index (κ1) is 21.9. The number of aliphatic carboxylic acids is 1. The summed E-state index contributed by atoms with van der Waals surface area (Å²) in [4.78, 5) is 10.6. The lowest BCUT2D eigenvalue weighted by Crippen LogP contribution is -2.26. The van der Waals surface area contributed by atoms with E-state index in [-0.39, 0.29) is 6.42 Å². The average Bonchev–Trinajstić information content (AvgIpc) is 2.80. The van der Waals surface area contributed by atoms with E-state index in [1.54, 1.807) is 0 Å². The molecule has 0 saturated heterocycles. The van der Waals surface area contributed by atoms with Gasteiger partial charge >= 0.3 is 5.97 Å². The van der Waals surface area contributed by atoms with Crippen molar-refractivity contribution in [3.8, 4) is 0 Å². The molecule has 0 amide bonds. The lowest BCUT2D eigenvalue weighted by Gasteiger charge is -2.28. The van der Waals surface area contributed by atoms with Crippen LogP contribution >= 0.6 is 6.89 Å². The molecule has 1 N–H and O–H groups in total. The molecule has 0 unspecified atom stereocenters. The number of benzene rings is 3. The summed E-state index contributed by atoms with van der Waals surface area (Å²) in [5.74, 6) is 1.79. The Labute approximate surface area is 179 Å². The van der Waals surface area contributed by atoms with Crippen LogP contribution in [0.5, 0.6) is 0 Å². The van der Waals surface area contributed by atoms with Gasteiger partial charge in [0.25, 0.3) is 0 Å². The Balaban J connectivity index is 1.95. The number of unbranched alkanes of at least 4 members (excludes halogenated alkanes) is 2. The lowest BCUT2D eigenvalue weighted by molar-refractivity contribution is -0.137. The molecule has 0 saturated carbocycles. The summed E-state index contributed by atoms with van der Waals surface area (Å²) >= 11 is 0. The summed E-state index contributed by atoms with van der Waals surface area (Å²) in [6.45, 7) is -1.88. The van der Waals surface area contributed by atoms with Crippen LogP contribution in [0, 0.1) is 0 Å². The second kappa shape index (κ2) is 11.4. The molecule has 0 heterocycles. The second-order valence-corrected chi connectivity index (χ2v) is 10.6. The van der Waals surface area contributed by atoms with Crippen molar-refractivity contribution in [1.29, 1.82) is 0 Å². The van der Waals surface area contributed by atoms with Gasteiger partial charge in [-0.3, -0.25) is 4.79 Å². The van der Waals surface area contributed by atoms with Crippen LogP contribution in [-0.2, 0) is 4.79 Å². The second-order valence-electron chi connectivity index (χ2n) is 7.26. The third-order valence-corrected chi connectivity index (χ3v) is 9.28. The number of allylic oxidation sites excluding steroid dienone is 2. The van der Waals surface area contributed by atoms with E-state index in [0.717, 1.165) is 25.7 Å². The Morgan fingerprint density at radius 2 is 1.17 bits per heavy atom. The third kappa shape index (κ3) is 5.62. The molecule has 30 heavy (non-hydrogen) atoms. The first-order valence-corrected chi connectivity index (χ1v) is 12.4. The molecule has 3 heteroatoms. The fourth-order valence-electron chi connectivity index (χ4n) is 3.72. The minimum absolute atomic E-state index is 0.255. The number of rotatable bonds is 10. The SMILES string of the molecule is O=C(O)CCCC/C=C\CC=P(c1ccccc1)(c1ccccc1)c1ccccc1. The maximum absolute atomic E-state index is 10.6. The largest absolute Gasteiger partial charge is 0.481 e. The summed E-state index contributed by atoms with van der Waals surface area (Å²) in [6.07, 6.45) is 8.13. The van der Waals surface area contributed by atoms with Gasteiger partial charge in [-0.05, 0) is 48.5 Å². The zero-order chi connectivity index (χ0) is 21.1. The molecule has 2 nitrogen and oxygen atoms in total. The van der Waals surface area contributed by atoms with E-state index in [1.165, 1.54) is 15.9 Å². The molecule has 3 aromatic carbocycles. The zero-order valence-corrected chi connectivity index (χ0v) is 18.1. The summed E-state index contributed by atoms with van der Waals surface area (Å²) in [5, 5.41) is 12.8. The Hall–Kier alpha value is -2.83. The fourth-order valence-corrected chi connectivity index (χ4v) is 7.62. The maximum Gasteiger partial charge on any atom is 0.303 e. The zero-order valence-electron chi connectivity index (χ0n) is 17.2. The third-order valence-electron chi connectivity index (χ3n) is 5.18. The molecule has 3 aromatic rings. The first-order chi connectivity index (χ1) is 14.7. The van der Waals surface area contributed by atoms with E-state index in [0.29, 0.717) is 0 Å². The van der Waals surface area contributed by atoms with Gasteiger partial charge in [0, 0.05) is 6.42 Å². The van der Waals surface area contributed by atoms with Gasteiger partial charge in [0.2, 0.25) is 0 Å². The molecule has 0 radical (unpaired) electrons. The quantitative estimate of drug-likeness (QED) is 0.274. The summed E-state index contributed by atoms with van der Waals surface area (Å²) in [7, 11) is 0. The van der Waals surface area contributed by atoms with Crippen LogP contribution in [0.25, 0.3) is 0 Å². The highest BCUT2D eigenvalue weighted by atomic mass is 31.2. The van der Waals surface area contributed by atoms with Crippen LogP contribution in [0.2, 0.25) is 0 Å². The summed E-state index contributed by atoms with van der Waals surface area (Å²) in [5.41, 5.74) is 0. The number of hydrogen-bond donors (Lipinski definition) is 1. The van der Waals surface area contributed by atoms with Crippen LogP contribution in [-0.4, -0.2) is 16.9 Å². The van der Waals surface area contributed by atoms with Crippen LogP contribution in [0.3, 0.4) is 0 Å². The molecule has 0 fully saturated rings. The van der Waals surface area contributed by atoms with Crippen LogP contribution in [0.1, 0.15) is 32.1 Å². The molecule has 3 rings (SSSR count). The Morgan fingerprint density at radius 1 is 0.700 bits per heavy atom. The van der Waals surface area contributed by atoms with Gasteiger partial charge in [-0.1, -0.05) is 109 Å². The normalized spacial score (nSPS) is 11.5. The van der Waals surface area contributed by atoms with E-state index < -0.39 is 12.9 Å². The van der Waals surface area contributed by atoms with Crippen molar-refractivity contribution in [2.45, 2.75) is 32.1 Å². The maximum atomic E-state index is 10.6. The molecular formula is C27H29O2P. The molecule has 0 aromatic heterocycles. The van der Waals surface area contributed by atoms with Gasteiger partial charge in [0.1, 0.15) is 0 Å². The highest BCUT2D eigenvalue weighted by molar-refractivity contribution is 7.94. The van der Waals surface area contributed by atoms with Crippen molar-refractivity contribution >= 4 is 34.6 Å². The van der Waals surface area contributed by atoms with E-state index in [4.69, 9.17) is 5.11 Å². The van der Waals surface area contributed by atoms with E-state index in [2.05, 4.69) is 109 Å². The van der Waals surface area contributed by atoms with Gasteiger partial charge in [-0.25, -0.2) is 0 Å².